The molecule has 0 aromatic carbocycles. The van der Waals surface area contributed by atoms with Crippen molar-refractivity contribution in [3.8, 4) is 0 Å². The van der Waals surface area contributed by atoms with Crippen LogP contribution in [0.4, 0.5) is 10.2 Å². The number of halogens is 1. The molecular weight excluding hydrogens is 141 g/mol. The van der Waals surface area contributed by atoms with Crippen molar-refractivity contribution < 1.29 is 9.31 Å². The van der Waals surface area contributed by atoms with E-state index in [2.05, 4.69) is 9.97 Å². The van der Waals surface area contributed by atoms with Gasteiger partial charge in [0.15, 0.2) is 6.20 Å². The van der Waals surface area contributed by atoms with Crippen LogP contribution in [0.25, 0.3) is 0 Å². The Morgan fingerprint density at radius 3 is 2.50 bits per heavy atom. The molecule has 0 atom stereocenters. The lowest BCUT2D eigenvalue weighted by atomic mass is 10.7. The Morgan fingerprint density at radius 2 is 2.10 bits per heavy atom. The SMILES string of the molecule is O=[N+]([O-])c1nccnc1F. The average Bonchev–Trinajstić information content (AvgIpc) is 1.88. The molecule has 0 aliphatic carbocycles. The lowest BCUT2D eigenvalue weighted by molar-refractivity contribution is -0.392. The number of rotatable bonds is 1. The first kappa shape index (κ1) is 6.53. The minimum atomic E-state index is -1.16. The largest absolute Gasteiger partial charge is 0.419 e. The van der Waals surface area contributed by atoms with Gasteiger partial charge in [-0.2, -0.15) is 4.39 Å². The Morgan fingerprint density at radius 1 is 1.50 bits per heavy atom. The molecule has 0 spiro atoms. The molecule has 10 heavy (non-hydrogen) atoms. The maximum atomic E-state index is 12.2. The van der Waals surface area contributed by atoms with Crippen LogP contribution < -0.4 is 0 Å². The molecule has 52 valence electrons. The monoisotopic (exact) mass is 143 g/mol. The zero-order valence-corrected chi connectivity index (χ0v) is 4.69. The maximum Gasteiger partial charge on any atom is 0.419 e. The Hall–Kier alpha value is -1.59. The van der Waals surface area contributed by atoms with Gasteiger partial charge in [0.25, 0.3) is 0 Å². The summed E-state index contributed by atoms with van der Waals surface area (Å²) in [7, 11) is 0. The van der Waals surface area contributed by atoms with Gasteiger partial charge in [-0.1, -0.05) is 0 Å². The molecule has 0 bridgehead atoms. The second-order valence-corrected chi connectivity index (χ2v) is 1.43. The predicted molar refractivity (Wildman–Crippen MR) is 28.6 cm³/mol. The number of hydrogen-bond acceptors (Lipinski definition) is 4. The van der Waals surface area contributed by atoms with Crippen LogP contribution in [0, 0.1) is 16.1 Å². The smallest absolute Gasteiger partial charge is 0.358 e. The number of nitro groups is 1. The van der Waals surface area contributed by atoms with Crippen molar-refractivity contribution in [3.63, 3.8) is 0 Å². The zero-order valence-electron chi connectivity index (χ0n) is 4.69. The second-order valence-electron chi connectivity index (χ2n) is 1.43. The second kappa shape index (κ2) is 2.34. The highest BCUT2D eigenvalue weighted by molar-refractivity contribution is 5.12. The molecule has 0 aliphatic rings. The lowest BCUT2D eigenvalue weighted by Gasteiger charge is -1.89. The summed E-state index contributed by atoms with van der Waals surface area (Å²) in [5.41, 5.74) is 0. The first-order valence-electron chi connectivity index (χ1n) is 2.32. The van der Waals surface area contributed by atoms with Gasteiger partial charge in [0.1, 0.15) is 0 Å². The number of hydrogen-bond donors (Lipinski definition) is 0. The normalized spacial score (nSPS) is 9.30. The highest BCUT2D eigenvalue weighted by atomic mass is 19.1. The van der Waals surface area contributed by atoms with E-state index < -0.39 is 16.7 Å². The summed E-state index contributed by atoms with van der Waals surface area (Å²) in [5.74, 6) is -2.00. The van der Waals surface area contributed by atoms with Crippen molar-refractivity contribution in [1.29, 1.82) is 0 Å². The maximum absolute atomic E-state index is 12.2. The topological polar surface area (TPSA) is 68.9 Å². The van der Waals surface area contributed by atoms with Crippen molar-refractivity contribution in [2.24, 2.45) is 0 Å². The molecule has 0 radical (unpaired) electrons. The molecule has 0 fully saturated rings. The van der Waals surface area contributed by atoms with Gasteiger partial charge in [-0.25, -0.2) is 4.98 Å². The molecule has 1 aromatic rings. The Balaban J connectivity index is 3.15. The van der Waals surface area contributed by atoms with E-state index in [9.17, 15) is 14.5 Å². The summed E-state index contributed by atoms with van der Waals surface area (Å²) in [4.78, 5) is 15.1. The molecule has 1 rings (SSSR count). The van der Waals surface area contributed by atoms with E-state index in [-0.39, 0.29) is 0 Å². The zero-order chi connectivity index (χ0) is 7.56. The molecule has 0 saturated carbocycles. The first-order valence-corrected chi connectivity index (χ1v) is 2.32. The molecule has 0 amide bonds. The van der Waals surface area contributed by atoms with Crippen molar-refractivity contribution in [3.05, 3.63) is 28.5 Å². The van der Waals surface area contributed by atoms with Crippen LogP contribution >= 0.6 is 0 Å². The van der Waals surface area contributed by atoms with Gasteiger partial charge < -0.3 is 10.1 Å². The van der Waals surface area contributed by atoms with Crippen LogP contribution in [0.2, 0.25) is 0 Å². The highest BCUT2D eigenvalue weighted by Crippen LogP contribution is 2.07. The number of aromatic nitrogens is 2. The van der Waals surface area contributed by atoms with E-state index >= 15 is 0 Å². The van der Waals surface area contributed by atoms with E-state index in [1.807, 2.05) is 0 Å². The molecule has 6 heteroatoms. The van der Waals surface area contributed by atoms with E-state index in [1.54, 1.807) is 0 Å². The van der Waals surface area contributed by atoms with Crippen molar-refractivity contribution in [2.45, 2.75) is 0 Å². The first-order chi connectivity index (χ1) is 4.72. The number of nitrogens with zero attached hydrogens (tertiary/aromatic N) is 3. The summed E-state index contributed by atoms with van der Waals surface area (Å²) in [6, 6.07) is 0. The molecule has 0 unspecified atom stereocenters. The molecule has 5 nitrogen and oxygen atoms in total. The Labute approximate surface area is 54.7 Å². The standard InChI is InChI=1S/C4H2FN3O2/c5-3-4(8(9)10)7-2-1-6-3/h1-2H. The van der Waals surface area contributed by atoms with Crippen molar-refractivity contribution in [1.82, 2.24) is 9.97 Å². The molecule has 0 aliphatic heterocycles. The van der Waals surface area contributed by atoms with Gasteiger partial charge in [0.05, 0.1) is 6.20 Å². The van der Waals surface area contributed by atoms with Gasteiger partial charge in [0.2, 0.25) is 0 Å². The Kier molecular flexibility index (Phi) is 1.53. The Bertz CT molecular complexity index is 264. The minimum absolute atomic E-state index is 0.845. The van der Waals surface area contributed by atoms with Crippen molar-refractivity contribution >= 4 is 5.82 Å². The van der Waals surface area contributed by atoms with Crippen LogP contribution in [0.3, 0.4) is 0 Å². The van der Waals surface area contributed by atoms with Gasteiger partial charge >= 0.3 is 11.8 Å². The van der Waals surface area contributed by atoms with Crippen LogP contribution in [0.5, 0.6) is 0 Å². The van der Waals surface area contributed by atoms with Crippen molar-refractivity contribution in [2.75, 3.05) is 0 Å². The minimum Gasteiger partial charge on any atom is -0.358 e. The van der Waals surface area contributed by atoms with E-state index in [4.69, 9.17) is 0 Å². The predicted octanol–water partition coefficient (Wildman–Crippen LogP) is 0.524. The summed E-state index contributed by atoms with van der Waals surface area (Å²) in [6.07, 6.45) is 2.10. The van der Waals surface area contributed by atoms with E-state index in [1.165, 1.54) is 0 Å². The third kappa shape index (κ3) is 1.04. The molecular formula is C4H2FN3O2. The van der Waals surface area contributed by atoms with Gasteiger partial charge in [-0.3, -0.25) is 0 Å². The van der Waals surface area contributed by atoms with Crippen LogP contribution in [0.15, 0.2) is 12.4 Å². The van der Waals surface area contributed by atoms with Crippen LogP contribution in [-0.2, 0) is 0 Å². The highest BCUT2D eigenvalue weighted by Gasteiger charge is 2.14. The fourth-order valence-corrected chi connectivity index (χ4v) is 0.436. The molecule has 1 aromatic heterocycles. The van der Waals surface area contributed by atoms with Gasteiger partial charge in [0, 0.05) is 0 Å². The third-order valence-corrected chi connectivity index (χ3v) is 0.809. The van der Waals surface area contributed by atoms with Crippen LogP contribution in [0.1, 0.15) is 0 Å². The fourth-order valence-electron chi connectivity index (χ4n) is 0.436. The molecule has 1 heterocycles. The van der Waals surface area contributed by atoms with Crippen LogP contribution in [-0.4, -0.2) is 14.9 Å². The van der Waals surface area contributed by atoms with Gasteiger partial charge in [-0.05, 0) is 9.91 Å². The molecule has 0 saturated heterocycles. The lowest BCUT2D eigenvalue weighted by Crippen LogP contribution is -1.96. The van der Waals surface area contributed by atoms with E-state index in [0.29, 0.717) is 0 Å². The van der Waals surface area contributed by atoms with Gasteiger partial charge in [-0.15, -0.1) is 0 Å². The fraction of sp³-hybridized carbons (Fsp3) is 0. The summed E-state index contributed by atoms with van der Waals surface area (Å²) < 4.78 is 12.2. The average molecular weight is 143 g/mol. The summed E-state index contributed by atoms with van der Waals surface area (Å²) in [5, 5.41) is 9.88. The summed E-state index contributed by atoms with van der Waals surface area (Å²) >= 11 is 0. The third-order valence-electron chi connectivity index (χ3n) is 0.809. The van der Waals surface area contributed by atoms with E-state index in [0.717, 1.165) is 12.4 Å². The molecule has 0 N–H and O–H groups in total. The summed E-state index contributed by atoms with van der Waals surface area (Å²) in [6.45, 7) is 0. The quantitative estimate of drug-likeness (QED) is 0.424.